The fraction of sp³-hybridized carbons (Fsp3) is 0.333. The number of nitrogens with zero attached hydrogens (tertiary/aromatic N) is 4. The van der Waals surface area contributed by atoms with Crippen LogP contribution in [0.3, 0.4) is 0 Å². The molecule has 18 heavy (non-hydrogen) atoms. The topological polar surface area (TPSA) is 90.3 Å². The second kappa shape index (κ2) is 4.84. The van der Waals surface area contributed by atoms with E-state index in [0.717, 1.165) is 11.3 Å². The van der Waals surface area contributed by atoms with Crippen LogP contribution in [0.2, 0.25) is 0 Å². The van der Waals surface area contributed by atoms with Crippen molar-refractivity contribution in [2.75, 3.05) is 5.32 Å². The van der Waals surface area contributed by atoms with Crippen LogP contribution in [0.4, 0.5) is 5.82 Å². The molecule has 1 unspecified atom stereocenters. The Balaban J connectivity index is 2.32. The van der Waals surface area contributed by atoms with Crippen LogP contribution in [0.25, 0.3) is 0 Å². The monoisotopic (exact) mass is 242 g/mol. The van der Waals surface area contributed by atoms with Crippen molar-refractivity contribution in [3.8, 4) is 6.07 Å². The molecule has 2 rings (SSSR count). The van der Waals surface area contributed by atoms with Crippen LogP contribution in [0.1, 0.15) is 35.6 Å². The summed E-state index contributed by atoms with van der Waals surface area (Å²) in [6.07, 6.45) is 1.45. The number of aromatic nitrogens is 4. The highest BCUT2D eigenvalue weighted by Gasteiger charge is 2.13. The predicted molar refractivity (Wildman–Crippen MR) is 66.8 cm³/mol. The third-order valence-electron chi connectivity index (χ3n) is 2.65. The van der Waals surface area contributed by atoms with Gasteiger partial charge < -0.3 is 5.32 Å². The quantitative estimate of drug-likeness (QED) is 0.857. The molecule has 0 radical (unpaired) electrons. The van der Waals surface area contributed by atoms with Gasteiger partial charge in [0.15, 0.2) is 0 Å². The van der Waals surface area contributed by atoms with E-state index >= 15 is 0 Å². The van der Waals surface area contributed by atoms with E-state index in [9.17, 15) is 0 Å². The van der Waals surface area contributed by atoms with Crippen LogP contribution < -0.4 is 5.32 Å². The van der Waals surface area contributed by atoms with Crippen LogP contribution in [0.5, 0.6) is 0 Å². The lowest BCUT2D eigenvalue weighted by Crippen LogP contribution is -2.12. The van der Waals surface area contributed by atoms with Crippen molar-refractivity contribution < 1.29 is 0 Å². The summed E-state index contributed by atoms with van der Waals surface area (Å²) >= 11 is 0. The fourth-order valence-corrected chi connectivity index (χ4v) is 1.78. The summed E-state index contributed by atoms with van der Waals surface area (Å²) in [4.78, 5) is 8.43. The van der Waals surface area contributed by atoms with Crippen molar-refractivity contribution in [1.82, 2.24) is 20.2 Å². The number of anilines is 1. The number of hydrogen-bond donors (Lipinski definition) is 2. The van der Waals surface area contributed by atoms with E-state index in [1.165, 1.54) is 6.33 Å². The zero-order chi connectivity index (χ0) is 13.1. The molecule has 0 amide bonds. The number of aryl methyl sites for hydroxylation is 2. The standard InChI is InChI=1S/C12H14N6/c1-7-4-8(2)16-12(10(7)5-13)17-9(3)11-14-6-15-18-11/h4,6,9H,1-3H3,(H,16,17)(H,14,15,18). The van der Waals surface area contributed by atoms with E-state index in [4.69, 9.17) is 5.26 Å². The molecular weight excluding hydrogens is 228 g/mol. The summed E-state index contributed by atoms with van der Waals surface area (Å²) in [5, 5.41) is 18.9. The summed E-state index contributed by atoms with van der Waals surface area (Å²) in [6, 6.07) is 3.97. The largest absolute Gasteiger partial charge is 0.359 e. The van der Waals surface area contributed by atoms with Crippen molar-refractivity contribution in [3.05, 3.63) is 35.0 Å². The highest BCUT2D eigenvalue weighted by molar-refractivity contribution is 5.56. The third-order valence-corrected chi connectivity index (χ3v) is 2.65. The van der Waals surface area contributed by atoms with Gasteiger partial charge in [-0.05, 0) is 32.4 Å². The fourth-order valence-electron chi connectivity index (χ4n) is 1.78. The number of nitriles is 1. The smallest absolute Gasteiger partial charge is 0.146 e. The van der Waals surface area contributed by atoms with Crippen LogP contribution in [-0.4, -0.2) is 20.2 Å². The van der Waals surface area contributed by atoms with Crippen LogP contribution in [-0.2, 0) is 0 Å². The second-order valence-corrected chi connectivity index (χ2v) is 4.15. The first-order chi connectivity index (χ1) is 8.61. The summed E-state index contributed by atoms with van der Waals surface area (Å²) in [5.41, 5.74) is 2.35. The summed E-state index contributed by atoms with van der Waals surface area (Å²) in [7, 11) is 0. The van der Waals surface area contributed by atoms with Gasteiger partial charge in [-0.2, -0.15) is 10.4 Å². The number of hydrogen-bond acceptors (Lipinski definition) is 5. The molecule has 0 bridgehead atoms. The minimum atomic E-state index is -0.0895. The Morgan fingerprint density at radius 1 is 1.44 bits per heavy atom. The van der Waals surface area contributed by atoms with E-state index in [1.807, 2.05) is 26.8 Å². The molecule has 0 aliphatic carbocycles. The lowest BCUT2D eigenvalue weighted by Gasteiger charge is -2.14. The average molecular weight is 242 g/mol. The van der Waals surface area contributed by atoms with Crippen molar-refractivity contribution in [2.45, 2.75) is 26.8 Å². The molecule has 0 fully saturated rings. The Kier molecular flexibility index (Phi) is 3.24. The first kappa shape index (κ1) is 12.0. The Hall–Kier alpha value is -2.42. The molecule has 2 aromatic heterocycles. The van der Waals surface area contributed by atoms with Gasteiger partial charge in [-0.25, -0.2) is 9.97 Å². The van der Waals surface area contributed by atoms with E-state index in [0.29, 0.717) is 17.2 Å². The molecule has 0 aliphatic heterocycles. The number of nitrogens with one attached hydrogen (secondary N) is 2. The lowest BCUT2D eigenvalue weighted by atomic mass is 10.1. The van der Waals surface area contributed by atoms with Gasteiger partial charge in [0.2, 0.25) is 0 Å². The average Bonchev–Trinajstić information content (AvgIpc) is 2.81. The SMILES string of the molecule is Cc1cc(C)c(C#N)c(NC(C)c2ncn[nH]2)n1. The molecule has 92 valence electrons. The molecule has 0 aliphatic rings. The van der Waals surface area contributed by atoms with Crippen LogP contribution in [0, 0.1) is 25.2 Å². The first-order valence-corrected chi connectivity index (χ1v) is 5.62. The summed E-state index contributed by atoms with van der Waals surface area (Å²) < 4.78 is 0. The zero-order valence-corrected chi connectivity index (χ0v) is 10.5. The van der Waals surface area contributed by atoms with Crippen LogP contribution in [0.15, 0.2) is 12.4 Å². The summed E-state index contributed by atoms with van der Waals surface area (Å²) in [5.74, 6) is 1.29. The van der Waals surface area contributed by atoms with Gasteiger partial charge in [0, 0.05) is 5.69 Å². The highest BCUT2D eigenvalue weighted by atomic mass is 15.2. The molecule has 2 N–H and O–H groups in total. The molecule has 0 saturated heterocycles. The minimum absolute atomic E-state index is 0.0895. The molecule has 0 spiro atoms. The zero-order valence-electron chi connectivity index (χ0n) is 10.5. The number of aromatic amines is 1. The molecule has 2 heterocycles. The first-order valence-electron chi connectivity index (χ1n) is 5.62. The highest BCUT2D eigenvalue weighted by Crippen LogP contribution is 2.21. The van der Waals surface area contributed by atoms with Gasteiger partial charge in [-0.1, -0.05) is 0 Å². The number of H-pyrrole nitrogens is 1. The van der Waals surface area contributed by atoms with Crippen molar-refractivity contribution in [2.24, 2.45) is 0 Å². The molecular formula is C12H14N6. The van der Waals surface area contributed by atoms with E-state index in [1.54, 1.807) is 0 Å². The number of pyridine rings is 1. The Morgan fingerprint density at radius 2 is 2.22 bits per heavy atom. The van der Waals surface area contributed by atoms with Gasteiger partial charge >= 0.3 is 0 Å². The second-order valence-electron chi connectivity index (χ2n) is 4.15. The molecule has 1 atom stereocenters. The number of rotatable bonds is 3. The summed E-state index contributed by atoms with van der Waals surface area (Å²) in [6.45, 7) is 5.73. The Labute approximate surface area is 105 Å². The molecule has 2 aromatic rings. The maximum absolute atomic E-state index is 9.17. The van der Waals surface area contributed by atoms with Crippen molar-refractivity contribution in [3.63, 3.8) is 0 Å². The predicted octanol–water partition coefficient (Wildman–Crippen LogP) is 1.86. The molecule has 0 aromatic carbocycles. The van der Waals surface area contributed by atoms with Crippen LogP contribution >= 0.6 is 0 Å². The van der Waals surface area contributed by atoms with Gasteiger partial charge in [-0.3, -0.25) is 5.10 Å². The van der Waals surface area contributed by atoms with Crippen molar-refractivity contribution in [1.29, 1.82) is 5.26 Å². The minimum Gasteiger partial charge on any atom is -0.359 e. The molecule has 0 saturated carbocycles. The van der Waals surface area contributed by atoms with E-state index in [-0.39, 0.29) is 6.04 Å². The maximum Gasteiger partial charge on any atom is 0.146 e. The normalized spacial score (nSPS) is 11.9. The van der Waals surface area contributed by atoms with Gasteiger partial charge in [0.25, 0.3) is 0 Å². The maximum atomic E-state index is 9.17. The van der Waals surface area contributed by atoms with Gasteiger partial charge in [0.05, 0.1) is 11.6 Å². The van der Waals surface area contributed by atoms with Crippen molar-refractivity contribution >= 4 is 5.82 Å². The molecule has 6 heteroatoms. The van der Waals surface area contributed by atoms with Gasteiger partial charge in [0.1, 0.15) is 24.0 Å². The Morgan fingerprint density at radius 3 is 2.83 bits per heavy atom. The Bertz CT molecular complexity index is 581. The third kappa shape index (κ3) is 2.30. The molecule has 6 nitrogen and oxygen atoms in total. The van der Waals surface area contributed by atoms with E-state index in [2.05, 4.69) is 31.6 Å². The van der Waals surface area contributed by atoms with Gasteiger partial charge in [-0.15, -0.1) is 0 Å². The lowest BCUT2D eigenvalue weighted by molar-refractivity contribution is 0.788. The van der Waals surface area contributed by atoms with E-state index < -0.39 is 0 Å².